The molecule has 0 bridgehead atoms. The molecule has 0 N–H and O–H groups in total. The van der Waals surface area contributed by atoms with E-state index in [1.54, 1.807) is 16.2 Å². The molecule has 2 rings (SSSR count). The average Bonchev–Trinajstić information content (AvgIpc) is 2.90. The van der Waals surface area contributed by atoms with Gasteiger partial charge in [0.15, 0.2) is 0 Å². The van der Waals surface area contributed by atoms with Gasteiger partial charge in [0, 0.05) is 19.2 Å². The monoisotopic (exact) mass is 295 g/mol. The first-order chi connectivity index (χ1) is 9.61. The molecule has 106 valence electrons. The van der Waals surface area contributed by atoms with Crippen molar-refractivity contribution in [2.24, 2.45) is 0 Å². The van der Waals surface area contributed by atoms with Crippen LogP contribution in [0.2, 0.25) is 0 Å². The highest BCUT2D eigenvalue weighted by Gasteiger charge is 2.19. The zero-order valence-corrected chi connectivity index (χ0v) is 11.9. The van der Waals surface area contributed by atoms with Gasteiger partial charge in [0.1, 0.15) is 11.6 Å². The maximum Gasteiger partial charge on any atom is 0.257 e. The van der Waals surface area contributed by atoms with Crippen LogP contribution in [0.25, 0.3) is 0 Å². The molecule has 1 aromatic heterocycles. The highest BCUT2D eigenvalue weighted by molar-refractivity contribution is 7.07. The Morgan fingerprint density at radius 1 is 1.30 bits per heavy atom. The topological polar surface area (TPSA) is 20.3 Å². The van der Waals surface area contributed by atoms with Gasteiger partial charge in [-0.15, -0.1) is 0 Å². The quantitative estimate of drug-likeness (QED) is 0.814. The van der Waals surface area contributed by atoms with Gasteiger partial charge in [-0.25, -0.2) is 8.78 Å². The molecule has 0 aliphatic rings. The molecule has 0 aliphatic carbocycles. The van der Waals surface area contributed by atoms with E-state index < -0.39 is 17.5 Å². The Morgan fingerprint density at radius 3 is 2.70 bits per heavy atom. The standard InChI is InChI=1S/C15H15F2NOS/c1-2-6-18(9-11-5-7-20-10-11)15(19)13-4-3-12(16)8-14(13)17/h3-5,7-8,10H,2,6,9H2,1H3. The van der Waals surface area contributed by atoms with Gasteiger partial charge in [-0.05, 0) is 40.9 Å². The highest BCUT2D eigenvalue weighted by atomic mass is 32.1. The Morgan fingerprint density at radius 2 is 2.10 bits per heavy atom. The fourth-order valence-corrected chi connectivity index (χ4v) is 2.62. The molecule has 0 atom stereocenters. The van der Waals surface area contributed by atoms with E-state index in [2.05, 4.69) is 0 Å². The fourth-order valence-electron chi connectivity index (χ4n) is 1.96. The summed E-state index contributed by atoms with van der Waals surface area (Å²) < 4.78 is 26.6. The van der Waals surface area contributed by atoms with Crippen LogP contribution in [0.1, 0.15) is 29.3 Å². The van der Waals surface area contributed by atoms with Crippen LogP contribution in [0.15, 0.2) is 35.0 Å². The van der Waals surface area contributed by atoms with E-state index in [1.807, 2.05) is 23.8 Å². The number of rotatable bonds is 5. The molecule has 2 aromatic rings. The molecule has 0 radical (unpaired) electrons. The van der Waals surface area contributed by atoms with Gasteiger partial charge in [-0.3, -0.25) is 4.79 Å². The van der Waals surface area contributed by atoms with Gasteiger partial charge in [-0.2, -0.15) is 11.3 Å². The first-order valence-corrected chi connectivity index (χ1v) is 7.31. The summed E-state index contributed by atoms with van der Waals surface area (Å²) in [5.41, 5.74) is 0.925. The van der Waals surface area contributed by atoms with Crippen molar-refractivity contribution in [1.29, 1.82) is 0 Å². The third-order valence-electron chi connectivity index (χ3n) is 2.90. The Balaban J connectivity index is 2.21. The average molecular weight is 295 g/mol. The lowest BCUT2D eigenvalue weighted by Crippen LogP contribution is -2.31. The van der Waals surface area contributed by atoms with Gasteiger partial charge >= 0.3 is 0 Å². The Labute approximate surface area is 120 Å². The van der Waals surface area contributed by atoms with Crippen LogP contribution in [0, 0.1) is 11.6 Å². The first kappa shape index (κ1) is 14.7. The number of benzene rings is 1. The molecule has 2 nitrogen and oxygen atoms in total. The second-order valence-electron chi connectivity index (χ2n) is 4.48. The van der Waals surface area contributed by atoms with Crippen molar-refractivity contribution in [3.05, 3.63) is 57.8 Å². The molecule has 5 heteroatoms. The van der Waals surface area contributed by atoms with Crippen molar-refractivity contribution in [2.45, 2.75) is 19.9 Å². The van der Waals surface area contributed by atoms with Crippen molar-refractivity contribution >= 4 is 17.2 Å². The van der Waals surface area contributed by atoms with Crippen LogP contribution in [0.4, 0.5) is 8.78 Å². The number of carbonyl (C=O) groups is 1. The molecule has 1 aromatic carbocycles. The summed E-state index contributed by atoms with van der Waals surface area (Å²) in [6.07, 6.45) is 0.776. The second-order valence-corrected chi connectivity index (χ2v) is 5.26. The van der Waals surface area contributed by atoms with Crippen LogP contribution in [-0.2, 0) is 6.54 Å². The summed E-state index contributed by atoms with van der Waals surface area (Å²) in [6, 6.07) is 4.97. The molecule has 0 saturated heterocycles. The van der Waals surface area contributed by atoms with Crippen molar-refractivity contribution in [1.82, 2.24) is 4.90 Å². The van der Waals surface area contributed by atoms with Gasteiger partial charge in [-0.1, -0.05) is 6.92 Å². The number of hydrogen-bond acceptors (Lipinski definition) is 2. The third kappa shape index (κ3) is 3.42. The van der Waals surface area contributed by atoms with E-state index in [0.29, 0.717) is 13.1 Å². The summed E-state index contributed by atoms with van der Waals surface area (Å²) >= 11 is 1.55. The summed E-state index contributed by atoms with van der Waals surface area (Å²) in [5, 5.41) is 3.89. The van der Waals surface area contributed by atoms with Crippen LogP contribution < -0.4 is 0 Å². The van der Waals surface area contributed by atoms with E-state index in [-0.39, 0.29) is 5.56 Å². The Hall–Kier alpha value is -1.75. The Kier molecular flexibility index (Phi) is 4.84. The van der Waals surface area contributed by atoms with Crippen LogP contribution in [0.3, 0.4) is 0 Å². The molecule has 20 heavy (non-hydrogen) atoms. The van der Waals surface area contributed by atoms with Crippen molar-refractivity contribution in [3.63, 3.8) is 0 Å². The maximum absolute atomic E-state index is 13.7. The van der Waals surface area contributed by atoms with E-state index in [1.165, 1.54) is 6.07 Å². The number of amides is 1. The molecule has 0 fully saturated rings. The molecule has 1 amide bonds. The third-order valence-corrected chi connectivity index (χ3v) is 3.63. The molecular weight excluding hydrogens is 280 g/mol. The van der Waals surface area contributed by atoms with Gasteiger partial charge in [0.05, 0.1) is 5.56 Å². The molecule has 0 spiro atoms. The highest BCUT2D eigenvalue weighted by Crippen LogP contribution is 2.16. The minimum atomic E-state index is -0.818. The zero-order valence-electron chi connectivity index (χ0n) is 11.1. The minimum absolute atomic E-state index is 0.0879. The molecular formula is C15H15F2NOS. The number of hydrogen-bond donors (Lipinski definition) is 0. The number of halogens is 2. The SMILES string of the molecule is CCCN(Cc1ccsc1)C(=O)c1ccc(F)cc1F. The van der Waals surface area contributed by atoms with E-state index in [4.69, 9.17) is 0 Å². The molecule has 0 saturated carbocycles. The van der Waals surface area contributed by atoms with E-state index in [0.717, 1.165) is 24.1 Å². The van der Waals surface area contributed by atoms with Crippen LogP contribution in [-0.4, -0.2) is 17.4 Å². The largest absolute Gasteiger partial charge is 0.334 e. The molecule has 0 unspecified atom stereocenters. The van der Waals surface area contributed by atoms with Gasteiger partial charge in [0.2, 0.25) is 0 Å². The fraction of sp³-hybridized carbons (Fsp3) is 0.267. The van der Waals surface area contributed by atoms with Crippen LogP contribution in [0.5, 0.6) is 0 Å². The lowest BCUT2D eigenvalue weighted by molar-refractivity contribution is 0.0738. The Bertz CT molecular complexity index is 584. The summed E-state index contributed by atoms with van der Waals surface area (Å²) in [7, 11) is 0. The predicted octanol–water partition coefficient (Wildman–Crippen LogP) is 4.08. The first-order valence-electron chi connectivity index (χ1n) is 6.37. The van der Waals surface area contributed by atoms with Crippen molar-refractivity contribution in [2.75, 3.05) is 6.54 Å². The normalized spacial score (nSPS) is 10.6. The van der Waals surface area contributed by atoms with Gasteiger partial charge in [0.25, 0.3) is 5.91 Å². The number of thiophene rings is 1. The van der Waals surface area contributed by atoms with Gasteiger partial charge < -0.3 is 4.90 Å². The summed E-state index contributed by atoms with van der Waals surface area (Å²) in [6.45, 7) is 2.92. The van der Waals surface area contributed by atoms with E-state index in [9.17, 15) is 13.6 Å². The number of nitrogens with zero attached hydrogens (tertiary/aromatic N) is 1. The zero-order chi connectivity index (χ0) is 14.5. The lowest BCUT2D eigenvalue weighted by atomic mass is 10.1. The predicted molar refractivity (Wildman–Crippen MR) is 75.7 cm³/mol. The smallest absolute Gasteiger partial charge is 0.257 e. The van der Waals surface area contributed by atoms with Crippen molar-refractivity contribution in [3.8, 4) is 0 Å². The minimum Gasteiger partial charge on any atom is -0.334 e. The lowest BCUT2D eigenvalue weighted by Gasteiger charge is -2.22. The summed E-state index contributed by atoms with van der Waals surface area (Å²) in [5.74, 6) is -1.91. The number of carbonyl (C=O) groups excluding carboxylic acids is 1. The maximum atomic E-state index is 13.7. The van der Waals surface area contributed by atoms with Crippen molar-refractivity contribution < 1.29 is 13.6 Å². The molecule has 0 aliphatic heterocycles. The second kappa shape index (κ2) is 6.61. The molecule has 1 heterocycles. The van der Waals surface area contributed by atoms with E-state index >= 15 is 0 Å². The van der Waals surface area contributed by atoms with Crippen LogP contribution >= 0.6 is 11.3 Å². The summed E-state index contributed by atoms with van der Waals surface area (Å²) in [4.78, 5) is 13.9.